The van der Waals surface area contributed by atoms with Crippen LogP contribution in [0.25, 0.3) is 5.57 Å². The fourth-order valence-electron chi connectivity index (χ4n) is 5.66. The van der Waals surface area contributed by atoms with Gasteiger partial charge in [-0.1, -0.05) is 30.3 Å². The Balaban J connectivity index is 1.65. The van der Waals surface area contributed by atoms with Crippen LogP contribution in [0.3, 0.4) is 0 Å². The first kappa shape index (κ1) is 31.0. The number of rotatable bonds is 8. The summed E-state index contributed by atoms with van der Waals surface area (Å²) in [7, 11) is 0. The van der Waals surface area contributed by atoms with Gasteiger partial charge in [0.15, 0.2) is 0 Å². The normalized spacial score (nSPS) is 15.5. The summed E-state index contributed by atoms with van der Waals surface area (Å²) in [5.74, 6) is 0.322. The average Bonchev–Trinajstić information content (AvgIpc) is 2.98. The van der Waals surface area contributed by atoms with Gasteiger partial charge in [-0.25, -0.2) is 0 Å². The van der Waals surface area contributed by atoms with Crippen LogP contribution >= 0.6 is 0 Å². The molecule has 0 spiro atoms. The van der Waals surface area contributed by atoms with Crippen LogP contribution in [0.2, 0.25) is 0 Å². The van der Waals surface area contributed by atoms with E-state index in [9.17, 15) is 0 Å². The topological polar surface area (TPSA) is 18.5 Å². The van der Waals surface area contributed by atoms with Crippen molar-refractivity contribution in [2.45, 2.75) is 36.5 Å². The predicted octanol–water partition coefficient (Wildman–Crippen LogP) is 6.08. The monoisotopic (exact) mass is 709 g/mol. The summed E-state index contributed by atoms with van der Waals surface area (Å²) in [4.78, 5) is 1.80. The van der Waals surface area contributed by atoms with Crippen LogP contribution in [0.1, 0.15) is 39.3 Å². The Bertz CT molecular complexity index is 1570. The first-order chi connectivity index (χ1) is 20.5. The zero-order valence-electron chi connectivity index (χ0n) is 23.1. The standard InChI is InChI=1S/C34H28F6IO2/c1-22(23-9-5-3-6-10-23)17-25-19-29(14-16-31(25)43-41-2)32(33(35,36)37,34(38,39)40)28-13-15-30-26(20-28)18-27(21-42-30)24-11-7-4-8-12-24/h3-16,19-20,27H,1,17-18,21H2,2H3/q-1. The summed E-state index contributed by atoms with van der Waals surface area (Å²) in [6.45, 7) is 4.32. The van der Waals surface area contributed by atoms with Gasteiger partial charge in [0.25, 0.3) is 0 Å². The summed E-state index contributed by atoms with van der Waals surface area (Å²) in [6.07, 6.45) is -11.2. The second kappa shape index (κ2) is 12.3. The molecule has 1 unspecified atom stereocenters. The molecule has 9 heteroatoms. The van der Waals surface area contributed by atoms with Gasteiger partial charge in [0.2, 0.25) is 0 Å². The molecule has 0 saturated heterocycles. The van der Waals surface area contributed by atoms with Gasteiger partial charge in [0, 0.05) is 0 Å². The Labute approximate surface area is 257 Å². The van der Waals surface area contributed by atoms with Crippen LogP contribution < -0.4 is 29.4 Å². The molecule has 226 valence electrons. The molecule has 2 nitrogen and oxygen atoms in total. The summed E-state index contributed by atoms with van der Waals surface area (Å²) in [6, 6.07) is 24.4. The molecule has 0 aliphatic carbocycles. The predicted molar refractivity (Wildman–Crippen MR) is 150 cm³/mol. The third-order valence-electron chi connectivity index (χ3n) is 7.76. The third kappa shape index (κ3) is 6.01. The van der Waals surface area contributed by atoms with E-state index < -0.39 is 50.5 Å². The minimum atomic E-state index is -5.72. The molecule has 0 fully saturated rings. The van der Waals surface area contributed by atoms with E-state index in [1.54, 1.807) is 35.3 Å². The van der Waals surface area contributed by atoms with Gasteiger partial charge in [-0.15, -0.1) is 0 Å². The first-order valence-electron chi connectivity index (χ1n) is 13.4. The summed E-state index contributed by atoms with van der Waals surface area (Å²) < 4.78 is 102. The molecule has 4 aromatic rings. The van der Waals surface area contributed by atoms with Crippen molar-refractivity contribution >= 4 is 5.57 Å². The van der Waals surface area contributed by atoms with Crippen LogP contribution in [0.5, 0.6) is 11.5 Å². The number of hydrogen-bond acceptors (Lipinski definition) is 2. The fraction of sp³-hybridized carbons (Fsp3) is 0.235. The van der Waals surface area contributed by atoms with E-state index in [-0.39, 0.29) is 42.4 Å². The van der Waals surface area contributed by atoms with Crippen molar-refractivity contribution in [1.29, 1.82) is 0 Å². The van der Waals surface area contributed by atoms with E-state index in [0.717, 1.165) is 35.4 Å². The molecule has 0 N–H and O–H groups in total. The molecule has 1 atom stereocenters. The minimum absolute atomic E-state index is 0.0134. The second-order valence-corrected chi connectivity index (χ2v) is 11.7. The zero-order chi connectivity index (χ0) is 30.8. The van der Waals surface area contributed by atoms with Crippen LogP contribution in [-0.2, 0) is 18.3 Å². The Hall–Kier alpha value is -3.47. The van der Waals surface area contributed by atoms with Gasteiger partial charge >= 0.3 is 228 Å². The van der Waals surface area contributed by atoms with Crippen molar-refractivity contribution in [3.63, 3.8) is 0 Å². The fourth-order valence-corrected chi connectivity index (χ4v) is 6.57. The van der Waals surface area contributed by atoms with Gasteiger partial charge in [-0.2, -0.15) is 0 Å². The van der Waals surface area contributed by atoms with Crippen molar-refractivity contribution in [3.8, 4) is 11.5 Å². The molecule has 5 rings (SSSR count). The Morgan fingerprint density at radius 1 is 0.837 bits per heavy atom. The number of benzene rings is 4. The Morgan fingerprint density at radius 3 is 2.07 bits per heavy atom. The van der Waals surface area contributed by atoms with E-state index in [1.165, 1.54) is 12.1 Å². The van der Waals surface area contributed by atoms with E-state index in [2.05, 4.69) is 6.58 Å². The number of fused-ring (bicyclic) bond motifs is 1. The number of hydrogen-bond donors (Lipinski definition) is 0. The molecular weight excluding hydrogens is 681 g/mol. The molecule has 43 heavy (non-hydrogen) atoms. The number of alkyl halides is 7. The number of ether oxygens (including phenoxy) is 1. The van der Waals surface area contributed by atoms with Crippen molar-refractivity contribution < 1.29 is 55.8 Å². The van der Waals surface area contributed by atoms with Gasteiger partial charge < -0.3 is 0 Å². The summed E-state index contributed by atoms with van der Waals surface area (Å²) in [5, 5.41) is 0. The molecule has 4 aromatic carbocycles. The summed E-state index contributed by atoms with van der Waals surface area (Å²) in [5.41, 5.74) is -3.47. The maximum absolute atomic E-state index is 15.1. The van der Waals surface area contributed by atoms with E-state index in [0.29, 0.717) is 11.1 Å². The zero-order valence-corrected chi connectivity index (χ0v) is 25.3. The van der Waals surface area contributed by atoms with Gasteiger partial charge in [-0.3, -0.25) is 0 Å². The van der Waals surface area contributed by atoms with Gasteiger partial charge in [0.05, 0.1) is 0 Å². The molecule has 1 heterocycles. The van der Waals surface area contributed by atoms with Crippen LogP contribution in [-0.4, -0.2) is 23.9 Å². The third-order valence-corrected chi connectivity index (χ3v) is 8.68. The second-order valence-electron chi connectivity index (χ2n) is 10.4. The molecule has 0 amide bonds. The molecule has 0 radical (unpaired) electrons. The van der Waals surface area contributed by atoms with Crippen molar-refractivity contribution in [2.75, 3.05) is 11.5 Å². The molecule has 0 aromatic heterocycles. The molecule has 1 aliphatic heterocycles. The number of allylic oxidation sites excluding steroid dienone is 1. The quantitative estimate of drug-likeness (QED) is 0.126. The van der Waals surface area contributed by atoms with E-state index in [4.69, 9.17) is 7.80 Å². The number of halogens is 7. The van der Waals surface area contributed by atoms with Crippen LogP contribution in [0.15, 0.2) is 104 Å². The van der Waals surface area contributed by atoms with Crippen LogP contribution in [0.4, 0.5) is 26.3 Å². The van der Waals surface area contributed by atoms with Gasteiger partial charge in [-0.05, 0) is 0 Å². The van der Waals surface area contributed by atoms with Crippen LogP contribution in [0, 0.1) is 0 Å². The maximum atomic E-state index is 15.1. The van der Waals surface area contributed by atoms with Gasteiger partial charge in [0.1, 0.15) is 0 Å². The van der Waals surface area contributed by atoms with Crippen molar-refractivity contribution in [1.82, 2.24) is 0 Å². The Morgan fingerprint density at radius 2 is 1.44 bits per heavy atom. The van der Waals surface area contributed by atoms with Crippen molar-refractivity contribution in [2.24, 2.45) is 0 Å². The Kier molecular flexibility index (Phi) is 8.83. The van der Waals surface area contributed by atoms with E-state index >= 15 is 26.3 Å². The first-order valence-corrected chi connectivity index (χ1v) is 16.5. The van der Waals surface area contributed by atoms with E-state index in [1.807, 2.05) is 30.3 Å². The summed E-state index contributed by atoms with van der Waals surface area (Å²) >= 11 is -0.817. The van der Waals surface area contributed by atoms with Crippen molar-refractivity contribution in [3.05, 3.63) is 137 Å². The molecular formula is C34H28F6IO2-. The SMILES string of the molecule is C=C(Cc1cc(C(c2ccc3c(c2)CC(c2ccccc2)CO3)(C(F)(F)F)C(F)(F)F)ccc1O[I-]C)c1ccccc1. The average molecular weight is 709 g/mol. The molecule has 0 bridgehead atoms. The molecule has 0 saturated carbocycles. The molecule has 1 aliphatic rings.